The van der Waals surface area contributed by atoms with Gasteiger partial charge in [-0.25, -0.2) is 4.79 Å². The highest BCUT2D eigenvalue weighted by atomic mass is 31.1. The van der Waals surface area contributed by atoms with E-state index in [2.05, 4.69) is 0 Å². The zero-order valence-corrected chi connectivity index (χ0v) is 6.13. The molecule has 9 heavy (non-hydrogen) atoms. The summed E-state index contributed by atoms with van der Waals surface area (Å²) in [6.45, 7) is 2.17. The third kappa shape index (κ3) is 3.03. The van der Waals surface area contributed by atoms with Crippen LogP contribution in [-0.2, 0) is 4.57 Å². The molecule has 0 aliphatic carbocycles. The van der Waals surface area contributed by atoms with Crippen LogP contribution in [0.1, 0.15) is 13.3 Å². The summed E-state index contributed by atoms with van der Waals surface area (Å²) in [5, 5.41) is 8.24. The second-order valence-electron chi connectivity index (χ2n) is 1.53. The zero-order valence-electron chi connectivity index (χ0n) is 5.13. The molecule has 1 amide bonds. The van der Waals surface area contributed by atoms with Gasteiger partial charge in [0.05, 0.1) is 6.54 Å². The van der Waals surface area contributed by atoms with E-state index < -0.39 is 14.7 Å². The van der Waals surface area contributed by atoms with Crippen molar-refractivity contribution in [3.05, 3.63) is 0 Å². The molecule has 4 nitrogen and oxygen atoms in total. The van der Waals surface area contributed by atoms with Crippen molar-refractivity contribution >= 4 is 14.7 Å². The number of nitrogens with zero attached hydrogens (tertiary/aromatic N) is 1. The lowest BCUT2D eigenvalue weighted by Crippen LogP contribution is -2.19. The fourth-order valence-corrected chi connectivity index (χ4v) is 0.797. The Morgan fingerprint density at radius 2 is 2.33 bits per heavy atom. The number of amides is 1. The van der Waals surface area contributed by atoms with E-state index in [1.54, 1.807) is 0 Å². The van der Waals surface area contributed by atoms with Crippen LogP contribution < -0.4 is 0 Å². The molecule has 0 heterocycles. The van der Waals surface area contributed by atoms with Crippen LogP contribution in [-0.4, -0.2) is 22.4 Å². The highest BCUT2D eigenvalue weighted by molar-refractivity contribution is 7.21. The van der Waals surface area contributed by atoms with Crippen molar-refractivity contribution in [2.45, 2.75) is 13.3 Å². The number of rotatable bonds is 3. The Labute approximate surface area is 54.7 Å². The largest absolute Gasteiger partial charge is 0.462 e. The first-order valence-corrected chi connectivity index (χ1v) is 3.46. The Kier molecular flexibility index (Phi) is 3.97. The number of hydrogen-bond donors (Lipinski definition) is 1. The molecule has 0 aromatic rings. The van der Waals surface area contributed by atoms with Gasteiger partial charge in [0.2, 0.25) is 0 Å². The average molecular weight is 150 g/mol. The Morgan fingerprint density at radius 1 is 1.78 bits per heavy atom. The molecule has 0 radical (unpaired) electrons. The van der Waals surface area contributed by atoms with Crippen molar-refractivity contribution in [1.29, 1.82) is 0 Å². The fourth-order valence-electron chi connectivity index (χ4n) is 0.404. The van der Waals surface area contributed by atoms with Crippen molar-refractivity contribution in [3.63, 3.8) is 0 Å². The molecule has 0 saturated heterocycles. The van der Waals surface area contributed by atoms with Crippen LogP contribution in [0.5, 0.6) is 0 Å². The van der Waals surface area contributed by atoms with Gasteiger partial charge >= 0.3 is 14.7 Å². The number of carbonyl (C=O) groups is 1. The van der Waals surface area contributed by atoms with Gasteiger partial charge in [-0.3, -0.25) is 0 Å². The van der Waals surface area contributed by atoms with Crippen molar-refractivity contribution in [2.75, 3.05) is 6.54 Å². The maximum Gasteiger partial charge on any atom is 0.453 e. The van der Waals surface area contributed by atoms with Crippen LogP contribution in [0, 0.1) is 0 Å². The molecule has 0 rings (SSSR count). The van der Waals surface area contributed by atoms with Gasteiger partial charge in [-0.05, 0) is 11.0 Å². The van der Waals surface area contributed by atoms with E-state index in [1.165, 1.54) is 0 Å². The van der Waals surface area contributed by atoms with Gasteiger partial charge in [0.1, 0.15) is 0 Å². The Hall–Kier alpha value is -0.630. The molecule has 0 saturated carbocycles. The van der Waals surface area contributed by atoms with E-state index in [9.17, 15) is 9.36 Å². The molecule has 0 spiro atoms. The van der Waals surface area contributed by atoms with Crippen molar-refractivity contribution in [2.24, 2.45) is 0 Å². The molecular weight excluding hydrogens is 141 g/mol. The molecule has 1 N–H and O–H groups in total. The molecule has 0 aromatic heterocycles. The Bertz CT molecular complexity index is 116. The lowest BCUT2D eigenvalue weighted by Gasteiger charge is -1.98. The van der Waals surface area contributed by atoms with Crippen molar-refractivity contribution in [3.8, 4) is 0 Å². The molecule has 0 fully saturated rings. The molecule has 0 aliphatic heterocycles. The van der Waals surface area contributed by atoms with Gasteiger partial charge in [0.15, 0.2) is 0 Å². The average Bonchev–Trinajstić information content (AvgIpc) is 1.82. The minimum absolute atomic E-state index is 0.345. The van der Waals surface area contributed by atoms with Crippen LogP contribution in [0.2, 0.25) is 0 Å². The van der Waals surface area contributed by atoms with Gasteiger partial charge in [0, 0.05) is 0 Å². The molecular formula is C4H9NO3P+. The van der Waals surface area contributed by atoms with Crippen molar-refractivity contribution < 1.29 is 14.5 Å². The quantitative estimate of drug-likeness (QED) is 0.617. The van der Waals surface area contributed by atoms with Crippen LogP contribution in [0.4, 0.5) is 4.79 Å². The van der Waals surface area contributed by atoms with Gasteiger partial charge in [-0.2, -0.15) is 0 Å². The summed E-state index contributed by atoms with van der Waals surface area (Å²) < 4.78 is 10.9. The van der Waals surface area contributed by atoms with Gasteiger partial charge in [0.25, 0.3) is 0 Å². The molecule has 0 aromatic carbocycles. The predicted molar refractivity (Wildman–Crippen MR) is 34.0 cm³/mol. The third-order valence-electron chi connectivity index (χ3n) is 0.788. The summed E-state index contributed by atoms with van der Waals surface area (Å²) in [4.78, 5) is 10.1. The second-order valence-corrected chi connectivity index (χ2v) is 2.25. The maximum atomic E-state index is 10.1. The summed E-state index contributed by atoms with van der Waals surface area (Å²) in [5.74, 6) is 0. The molecule has 52 valence electrons. The summed E-state index contributed by atoms with van der Waals surface area (Å²) in [6.07, 6.45) is -0.424. The minimum Gasteiger partial charge on any atom is -0.462 e. The van der Waals surface area contributed by atoms with Crippen LogP contribution in [0.3, 0.4) is 0 Å². The van der Waals surface area contributed by atoms with E-state index in [1.807, 2.05) is 6.92 Å². The molecule has 0 bridgehead atoms. The van der Waals surface area contributed by atoms with Crippen LogP contribution >= 0.6 is 8.61 Å². The number of carboxylic acid groups (broad SMARTS) is 1. The second kappa shape index (κ2) is 4.27. The van der Waals surface area contributed by atoms with E-state index in [0.29, 0.717) is 13.0 Å². The third-order valence-corrected chi connectivity index (χ3v) is 1.42. The number of hydrogen-bond acceptors (Lipinski definition) is 2. The topological polar surface area (TPSA) is 57.6 Å². The fraction of sp³-hybridized carbons (Fsp3) is 0.750. The van der Waals surface area contributed by atoms with Crippen LogP contribution in [0.25, 0.3) is 0 Å². The first-order valence-electron chi connectivity index (χ1n) is 2.60. The Balaban J connectivity index is 3.68. The van der Waals surface area contributed by atoms with E-state index in [-0.39, 0.29) is 0 Å². The smallest absolute Gasteiger partial charge is 0.453 e. The zero-order chi connectivity index (χ0) is 7.28. The normalized spacial score (nSPS) is 9.44. The molecule has 1 atom stereocenters. The lowest BCUT2D eigenvalue weighted by molar-refractivity contribution is 0.173. The molecule has 5 heteroatoms. The summed E-state index contributed by atoms with van der Waals surface area (Å²) in [5.41, 5.74) is 0. The minimum atomic E-state index is -1.12. The first-order chi connectivity index (χ1) is 4.22. The summed E-state index contributed by atoms with van der Waals surface area (Å²) >= 11 is 0. The highest BCUT2D eigenvalue weighted by Gasteiger charge is 2.15. The van der Waals surface area contributed by atoms with E-state index in [0.717, 1.165) is 4.67 Å². The predicted octanol–water partition coefficient (Wildman–Crippen LogP) is 1.32. The SMILES string of the molecule is CCCN([PH+]=O)C(=O)O. The Morgan fingerprint density at radius 3 is 2.44 bits per heavy atom. The van der Waals surface area contributed by atoms with Gasteiger partial charge < -0.3 is 5.11 Å². The van der Waals surface area contributed by atoms with Crippen molar-refractivity contribution in [1.82, 2.24) is 4.67 Å². The van der Waals surface area contributed by atoms with Gasteiger partial charge in [-0.15, -0.1) is 0 Å². The van der Waals surface area contributed by atoms with Gasteiger partial charge in [-0.1, -0.05) is 11.6 Å². The monoisotopic (exact) mass is 150 g/mol. The summed E-state index contributed by atoms with van der Waals surface area (Å²) in [7, 11) is -0.880. The standard InChI is InChI=1S/C4H8NO3P/c1-2-3-5(9-8)4(6)7/h2-3H2,1H3,(H,6,7)/p+1. The summed E-state index contributed by atoms with van der Waals surface area (Å²) in [6, 6.07) is 0. The van der Waals surface area contributed by atoms with E-state index >= 15 is 0 Å². The van der Waals surface area contributed by atoms with Crippen LogP contribution in [0.15, 0.2) is 0 Å². The molecule has 1 unspecified atom stereocenters. The van der Waals surface area contributed by atoms with E-state index in [4.69, 9.17) is 5.11 Å². The molecule has 0 aliphatic rings. The first kappa shape index (κ1) is 8.37. The maximum absolute atomic E-state index is 10.1. The lowest BCUT2D eigenvalue weighted by atomic mass is 10.5. The highest BCUT2D eigenvalue weighted by Crippen LogP contribution is 2.04.